The molecule has 0 heterocycles. The van der Waals surface area contributed by atoms with Crippen LogP contribution in [0.1, 0.15) is 37.1 Å². The van der Waals surface area contributed by atoms with Gasteiger partial charge in [0.2, 0.25) is 0 Å². The first-order chi connectivity index (χ1) is 8.70. The standard InChI is InChI=1S/C17H21N/c1-14(16-10-6-4-7-11-16)18(3)15(2)17-12-8-5-9-13-17/h4-15H,1-3H3. The van der Waals surface area contributed by atoms with E-state index in [0.717, 1.165) is 0 Å². The van der Waals surface area contributed by atoms with E-state index >= 15 is 0 Å². The van der Waals surface area contributed by atoms with Crippen LogP contribution in [0.2, 0.25) is 0 Å². The summed E-state index contributed by atoms with van der Waals surface area (Å²) >= 11 is 0. The number of hydrogen-bond acceptors (Lipinski definition) is 1. The van der Waals surface area contributed by atoms with Gasteiger partial charge < -0.3 is 0 Å². The van der Waals surface area contributed by atoms with E-state index < -0.39 is 0 Å². The third kappa shape index (κ3) is 2.80. The smallest absolute Gasteiger partial charge is 0.0322 e. The van der Waals surface area contributed by atoms with Gasteiger partial charge in [0.1, 0.15) is 0 Å². The lowest BCUT2D eigenvalue weighted by atomic mass is 10.0. The van der Waals surface area contributed by atoms with Crippen LogP contribution in [-0.4, -0.2) is 11.9 Å². The predicted octanol–water partition coefficient (Wildman–Crippen LogP) is 4.44. The highest BCUT2D eigenvalue weighted by Gasteiger charge is 2.18. The number of benzene rings is 2. The molecule has 94 valence electrons. The molecule has 0 radical (unpaired) electrons. The summed E-state index contributed by atoms with van der Waals surface area (Å²) in [6, 6.07) is 22.2. The summed E-state index contributed by atoms with van der Waals surface area (Å²) in [7, 11) is 2.19. The van der Waals surface area contributed by atoms with Crippen LogP contribution in [0.5, 0.6) is 0 Å². The fourth-order valence-corrected chi connectivity index (χ4v) is 2.27. The fraction of sp³-hybridized carbons (Fsp3) is 0.294. The molecule has 2 atom stereocenters. The van der Waals surface area contributed by atoms with E-state index in [1.54, 1.807) is 0 Å². The molecule has 0 aliphatic heterocycles. The van der Waals surface area contributed by atoms with Crippen molar-refractivity contribution in [3.05, 3.63) is 71.8 Å². The van der Waals surface area contributed by atoms with Crippen LogP contribution in [0, 0.1) is 0 Å². The zero-order valence-electron chi connectivity index (χ0n) is 11.4. The van der Waals surface area contributed by atoms with E-state index in [9.17, 15) is 0 Å². The quantitative estimate of drug-likeness (QED) is 0.762. The monoisotopic (exact) mass is 239 g/mol. The molecule has 0 bridgehead atoms. The van der Waals surface area contributed by atoms with Gasteiger partial charge in [0, 0.05) is 12.1 Å². The van der Waals surface area contributed by atoms with Crippen LogP contribution >= 0.6 is 0 Å². The maximum Gasteiger partial charge on any atom is 0.0322 e. The third-order valence-corrected chi connectivity index (χ3v) is 3.79. The van der Waals surface area contributed by atoms with Crippen molar-refractivity contribution in [3.63, 3.8) is 0 Å². The van der Waals surface area contributed by atoms with Crippen molar-refractivity contribution < 1.29 is 0 Å². The van der Waals surface area contributed by atoms with Gasteiger partial charge in [0.05, 0.1) is 0 Å². The zero-order chi connectivity index (χ0) is 13.0. The van der Waals surface area contributed by atoms with E-state index in [0.29, 0.717) is 12.1 Å². The summed E-state index contributed by atoms with van der Waals surface area (Å²) in [6.07, 6.45) is 0. The van der Waals surface area contributed by atoms with Crippen LogP contribution in [0.25, 0.3) is 0 Å². The first kappa shape index (κ1) is 12.8. The van der Waals surface area contributed by atoms with Gasteiger partial charge in [-0.15, -0.1) is 0 Å². The molecule has 2 unspecified atom stereocenters. The Morgan fingerprint density at radius 1 is 0.667 bits per heavy atom. The van der Waals surface area contributed by atoms with Crippen molar-refractivity contribution in [2.45, 2.75) is 25.9 Å². The van der Waals surface area contributed by atoms with Gasteiger partial charge in [0.15, 0.2) is 0 Å². The first-order valence-electron chi connectivity index (χ1n) is 6.52. The summed E-state index contributed by atoms with van der Waals surface area (Å²) in [5.41, 5.74) is 2.73. The molecule has 0 spiro atoms. The Kier molecular flexibility index (Phi) is 4.16. The molecule has 2 aromatic carbocycles. The molecule has 1 nitrogen and oxygen atoms in total. The Morgan fingerprint density at radius 3 is 1.33 bits per heavy atom. The molecular formula is C17H21N. The minimum atomic E-state index is 0.418. The molecular weight excluding hydrogens is 218 g/mol. The molecule has 0 N–H and O–H groups in total. The second-order valence-electron chi connectivity index (χ2n) is 4.84. The van der Waals surface area contributed by atoms with Crippen LogP contribution in [0.15, 0.2) is 60.7 Å². The maximum absolute atomic E-state index is 2.41. The Bertz CT molecular complexity index is 418. The number of hydrogen-bond donors (Lipinski definition) is 0. The van der Waals surface area contributed by atoms with Gasteiger partial charge in [-0.05, 0) is 32.0 Å². The van der Waals surface area contributed by atoms with Gasteiger partial charge in [-0.2, -0.15) is 0 Å². The Balaban J connectivity index is 2.14. The Morgan fingerprint density at radius 2 is 1.00 bits per heavy atom. The molecule has 2 rings (SSSR count). The summed E-state index contributed by atoms with van der Waals surface area (Å²) in [6.45, 7) is 4.52. The third-order valence-electron chi connectivity index (χ3n) is 3.79. The summed E-state index contributed by atoms with van der Waals surface area (Å²) < 4.78 is 0. The van der Waals surface area contributed by atoms with Gasteiger partial charge >= 0.3 is 0 Å². The Labute approximate surface area is 110 Å². The molecule has 0 saturated heterocycles. The lowest BCUT2D eigenvalue weighted by Gasteiger charge is -2.31. The summed E-state index contributed by atoms with van der Waals surface area (Å²) in [5.74, 6) is 0. The van der Waals surface area contributed by atoms with Crippen molar-refractivity contribution in [1.82, 2.24) is 4.90 Å². The topological polar surface area (TPSA) is 3.24 Å². The molecule has 0 aromatic heterocycles. The highest BCUT2D eigenvalue weighted by atomic mass is 15.1. The molecule has 1 heteroatoms. The van der Waals surface area contributed by atoms with Crippen LogP contribution in [0.4, 0.5) is 0 Å². The average molecular weight is 239 g/mol. The van der Waals surface area contributed by atoms with Crippen molar-refractivity contribution in [2.24, 2.45) is 0 Å². The lowest BCUT2D eigenvalue weighted by Crippen LogP contribution is -2.25. The molecule has 2 aromatic rings. The summed E-state index contributed by atoms with van der Waals surface area (Å²) in [4.78, 5) is 2.41. The number of nitrogens with zero attached hydrogens (tertiary/aromatic N) is 1. The molecule has 0 aliphatic carbocycles. The fourth-order valence-electron chi connectivity index (χ4n) is 2.27. The van der Waals surface area contributed by atoms with Crippen LogP contribution < -0.4 is 0 Å². The van der Waals surface area contributed by atoms with Gasteiger partial charge in [-0.3, -0.25) is 4.90 Å². The van der Waals surface area contributed by atoms with E-state index in [2.05, 4.69) is 86.5 Å². The predicted molar refractivity (Wildman–Crippen MR) is 77.5 cm³/mol. The SMILES string of the molecule is CC(c1ccccc1)N(C)C(C)c1ccccc1. The minimum absolute atomic E-state index is 0.418. The van der Waals surface area contributed by atoms with Crippen molar-refractivity contribution >= 4 is 0 Å². The van der Waals surface area contributed by atoms with Crippen molar-refractivity contribution in [3.8, 4) is 0 Å². The molecule has 0 aliphatic rings. The largest absolute Gasteiger partial charge is 0.293 e. The number of rotatable bonds is 4. The average Bonchev–Trinajstić information content (AvgIpc) is 2.47. The lowest BCUT2D eigenvalue weighted by molar-refractivity contribution is 0.199. The molecule has 0 fully saturated rings. The summed E-state index contributed by atoms with van der Waals surface area (Å²) in [5, 5.41) is 0. The highest BCUT2D eigenvalue weighted by molar-refractivity contribution is 5.21. The van der Waals surface area contributed by atoms with E-state index in [1.807, 2.05) is 0 Å². The molecule has 0 saturated carbocycles. The second kappa shape index (κ2) is 5.83. The van der Waals surface area contributed by atoms with E-state index in [-0.39, 0.29) is 0 Å². The van der Waals surface area contributed by atoms with E-state index in [1.165, 1.54) is 11.1 Å². The highest BCUT2D eigenvalue weighted by Crippen LogP contribution is 2.27. The van der Waals surface area contributed by atoms with Gasteiger partial charge in [-0.1, -0.05) is 60.7 Å². The second-order valence-corrected chi connectivity index (χ2v) is 4.84. The molecule has 18 heavy (non-hydrogen) atoms. The molecule has 0 amide bonds. The van der Waals surface area contributed by atoms with E-state index in [4.69, 9.17) is 0 Å². The van der Waals surface area contributed by atoms with Crippen LogP contribution in [0.3, 0.4) is 0 Å². The normalized spacial score (nSPS) is 14.4. The first-order valence-corrected chi connectivity index (χ1v) is 6.52. The maximum atomic E-state index is 2.41. The van der Waals surface area contributed by atoms with Crippen LogP contribution in [-0.2, 0) is 0 Å². The van der Waals surface area contributed by atoms with Crippen molar-refractivity contribution in [1.29, 1.82) is 0 Å². The zero-order valence-corrected chi connectivity index (χ0v) is 11.4. The van der Waals surface area contributed by atoms with Crippen molar-refractivity contribution in [2.75, 3.05) is 7.05 Å². The minimum Gasteiger partial charge on any atom is -0.293 e. The van der Waals surface area contributed by atoms with Gasteiger partial charge in [-0.25, -0.2) is 0 Å². The van der Waals surface area contributed by atoms with Gasteiger partial charge in [0.25, 0.3) is 0 Å². The Hall–Kier alpha value is -1.60.